The Morgan fingerprint density at radius 1 is 1.41 bits per heavy atom. The van der Waals surface area contributed by atoms with Gasteiger partial charge in [0.05, 0.1) is 0 Å². The molecule has 0 saturated heterocycles. The van der Waals surface area contributed by atoms with Gasteiger partial charge in [0.15, 0.2) is 0 Å². The molecular formula is C16H19F2NO3. The van der Waals surface area contributed by atoms with E-state index in [1.165, 1.54) is 6.07 Å². The summed E-state index contributed by atoms with van der Waals surface area (Å²) in [6.45, 7) is 5.12. The van der Waals surface area contributed by atoms with Crippen molar-refractivity contribution in [3.05, 3.63) is 48.1 Å². The van der Waals surface area contributed by atoms with Gasteiger partial charge < -0.3 is 10.4 Å². The molecule has 2 unspecified atom stereocenters. The lowest BCUT2D eigenvalue weighted by Crippen LogP contribution is -2.41. The monoisotopic (exact) mass is 311 g/mol. The minimum absolute atomic E-state index is 0.0829. The number of allylic oxidation sites excluding steroid dienone is 1. The van der Waals surface area contributed by atoms with Gasteiger partial charge in [-0.25, -0.2) is 13.6 Å². The van der Waals surface area contributed by atoms with E-state index in [1.807, 2.05) is 0 Å². The predicted octanol–water partition coefficient (Wildman–Crippen LogP) is 2.99. The van der Waals surface area contributed by atoms with E-state index in [2.05, 4.69) is 11.9 Å². The quantitative estimate of drug-likeness (QED) is 0.725. The first-order valence-corrected chi connectivity index (χ1v) is 6.93. The Bertz CT molecular complexity index is 560. The number of carboxylic acids is 1. The number of benzene rings is 1. The first kappa shape index (κ1) is 17.8. The average Bonchev–Trinajstić information content (AvgIpc) is 2.42. The van der Waals surface area contributed by atoms with Gasteiger partial charge in [0.25, 0.3) is 0 Å². The molecule has 0 heterocycles. The lowest BCUT2D eigenvalue weighted by Gasteiger charge is -2.16. The largest absolute Gasteiger partial charge is 0.480 e. The second-order valence-corrected chi connectivity index (χ2v) is 5.10. The van der Waals surface area contributed by atoms with E-state index in [9.17, 15) is 18.4 Å². The Morgan fingerprint density at radius 3 is 2.64 bits per heavy atom. The Labute approximate surface area is 127 Å². The zero-order valence-electron chi connectivity index (χ0n) is 12.3. The molecule has 22 heavy (non-hydrogen) atoms. The van der Waals surface area contributed by atoms with Crippen LogP contribution in [0.5, 0.6) is 0 Å². The predicted molar refractivity (Wildman–Crippen MR) is 78.4 cm³/mol. The number of hydrogen-bond acceptors (Lipinski definition) is 2. The third kappa shape index (κ3) is 5.27. The van der Waals surface area contributed by atoms with Crippen molar-refractivity contribution in [2.75, 3.05) is 0 Å². The summed E-state index contributed by atoms with van der Waals surface area (Å²) in [5, 5.41) is 11.4. The van der Waals surface area contributed by atoms with Crippen LogP contribution in [0, 0.1) is 11.6 Å². The lowest BCUT2D eigenvalue weighted by atomic mass is 9.96. The molecule has 2 atom stereocenters. The highest BCUT2D eigenvalue weighted by Gasteiger charge is 2.21. The van der Waals surface area contributed by atoms with Crippen LogP contribution >= 0.6 is 0 Å². The van der Waals surface area contributed by atoms with Crippen LogP contribution in [0.25, 0.3) is 0 Å². The van der Waals surface area contributed by atoms with Gasteiger partial charge in [-0.05, 0) is 30.4 Å². The van der Waals surface area contributed by atoms with Gasteiger partial charge in [0, 0.05) is 12.5 Å². The number of nitrogens with one attached hydrogen (secondary N) is 1. The van der Waals surface area contributed by atoms with Gasteiger partial charge in [-0.3, -0.25) is 4.79 Å². The van der Waals surface area contributed by atoms with Crippen LogP contribution in [0.1, 0.15) is 37.7 Å². The molecule has 1 aromatic carbocycles. The van der Waals surface area contributed by atoms with E-state index in [0.717, 1.165) is 12.1 Å². The second kappa shape index (κ2) is 8.26. The first-order chi connectivity index (χ1) is 10.3. The number of carbonyl (C=O) groups excluding carboxylic acids is 1. The number of rotatable bonds is 8. The van der Waals surface area contributed by atoms with Crippen molar-refractivity contribution in [2.24, 2.45) is 0 Å². The van der Waals surface area contributed by atoms with Gasteiger partial charge in [-0.15, -0.1) is 6.58 Å². The fraction of sp³-hybridized carbons (Fsp3) is 0.375. The molecule has 0 spiro atoms. The highest BCUT2D eigenvalue weighted by atomic mass is 19.1. The molecule has 0 saturated carbocycles. The van der Waals surface area contributed by atoms with Crippen LogP contribution in [0.3, 0.4) is 0 Å². The van der Waals surface area contributed by atoms with Gasteiger partial charge in [-0.2, -0.15) is 0 Å². The number of aliphatic carboxylic acids is 1. The van der Waals surface area contributed by atoms with Crippen LogP contribution in [-0.4, -0.2) is 23.0 Å². The van der Waals surface area contributed by atoms with Crippen LogP contribution in [0.15, 0.2) is 30.9 Å². The van der Waals surface area contributed by atoms with Gasteiger partial charge in [-0.1, -0.05) is 19.1 Å². The summed E-state index contributed by atoms with van der Waals surface area (Å²) in [5.74, 6) is -3.52. The number of halogens is 2. The van der Waals surface area contributed by atoms with Gasteiger partial charge in [0.2, 0.25) is 5.91 Å². The SMILES string of the molecule is C=CCCC(NC(=O)CC(C)c1ccc(F)cc1F)C(=O)O. The molecular weight excluding hydrogens is 292 g/mol. The Balaban J connectivity index is 2.66. The van der Waals surface area contributed by atoms with E-state index >= 15 is 0 Å². The fourth-order valence-electron chi connectivity index (χ4n) is 2.08. The van der Waals surface area contributed by atoms with Crippen molar-refractivity contribution in [1.82, 2.24) is 5.32 Å². The third-order valence-electron chi connectivity index (χ3n) is 3.28. The second-order valence-electron chi connectivity index (χ2n) is 5.10. The van der Waals surface area contributed by atoms with Crippen LogP contribution in [0.4, 0.5) is 8.78 Å². The maximum atomic E-state index is 13.6. The summed E-state index contributed by atoms with van der Waals surface area (Å²) in [6.07, 6.45) is 2.18. The Hall–Kier alpha value is -2.24. The topological polar surface area (TPSA) is 66.4 Å². The zero-order chi connectivity index (χ0) is 16.7. The minimum Gasteiger partial charge on any atom is -0.480 e. The summed E-state index contributed by atoms with van der Waals surface area (Å²) in [5.41, 5.74) is 0.217. The fourth-order valence-corrected chi connectivity index (χ4v) is 2.08. The van der Waals surface area contributed by atoms with E-state index in [0.29, 0.717) is 6.42 Å². The normalized spacial score (nSPS) is 13.2. The maximum absolute atomic E-state index is 13.6. The molecule has 2 N–H and O–H groups in total. The van der Waals surface area contributed by atoms with Crippen molar-refractivity contribution in [2.45, 2.75) is 38.1 Å². The Morgan fingerprint density at radius 2 is 2.09 bits per heavy atom. The van der Waals surface area contributed by atoms with Crippen molar-refractivity contribution in [1.29, 1.82) is 0 Å². The smallest absolute Gasteiger partial charge is 0.326 e. The van der Waals surface area contributed by atoms with Gasteiger partial charge in [0.1, 0.15) is 17.7 Å². The molecule has 1 rings (SSSR count). The lowest BCUT2D eigenvalue weighted by molar-refractivity contribution is -0.142. The number of amides is 1. The Kier molecular flexibility index (Phi) is 6.69. The van der Waals surface area contributed by atoms with Crippen LogP contribution in [0.2, 0.25) is 0 Å². The van der Waals surface area contributed by atoms with Crippen LogP contribution in [-0.2, 0) is 9.59 Å². The summed E-state index contributed by atoms with van der Waals surface area (Å²) >= 11 is 0. The van der Waals surface area contributed by atoms with E-state index in [4.69, 9.17) is 5.11 Å². The molecule has 0 aliphatic carbocycles. The molecule has 0 fully saturated rings. The molecule has 0 aliphatic heterocycles. The maximum Gasteiger partial charge on any atom is 0.326 e. The highest BCUT2D eigenvalue weighted by molar-refractivity contribution is 5.83. The summed E-state index contributed by atoms with van der Waals surface area (Å²) in [7, 11) is 0. The number of carboxylic acid groups (broad SMARTS) is 1. The molecule has 120 valence electrons. The molecule has 1 aromatic rings. The summed E-state index contributed by atoms with van der Waals surface area (Å²) in [4.78, 5) is 22.9. The molecule has 4 nitrogen and oxygen atoms in total. The van der Waals surface area contributed by atoms with E-state index in [1.54, 1.807) is 13.0 Å². The molecule has 6 heteroatoms. The third-order valence-corrected chi connectivity index (χ3v) is 3.28. The van der Waals surface area contributed by atoms with E-state index in [-0.39, 0.29) is 18.4 Å². The average molecular weight is 311 g/mol. The standard InChI is InChI=1S/C16H19F2NO3/c1-3-4-5-14(16(21)22)19-15(20)8-10(2)12-7-6-11(17)9-13(12)18/h3,6-7,9-10,14H,1,4-5,8H2,2H3,(H,19,20)(H,21,22). The summed E-state index contributed by atoms with van der Waals surface area (Å²) in [6, 6.07) is 2.16. The molecule has 0 radical (unpaired) electrons. The zero-order valence-corrected chi connectivity index (χ0v) is 12.3. The van der Waals surface area contributed by atoms with Crippen molar-refractivity contribution < 1.29 is 23.5 Å². The molecule has 0 bridgehead atoms. The van der Waals surface area contributed by atoms with E-state index < -0.39 is 35.5 Å². The summed E-state index contributed by atoms with van der Waals surface area (Å²) < 4.78 is 26.5. The number of carbonyl (C=O) groups is 2. The number of hydrogen-bond donors (Lipinski definition) is 2. The van der Waals surface area contributed by atoms with Gasteiger partial charge >= 0.3 is 5.97 Å². The molecule has 0 aliphatic rings. The highest BCUT2D eigenvalue weighted by Crippen LogP contribution is 2.22. The van der Waals surface area contributed by atoms with Crippen molar-refractivity contribution in [3.63, 3.8) is 0 Å². The minimum atomic E-state index is -1.13. The van der Waals surface area contributed by atoms with Crippen molar-refractivity contribution >= 4 is 11.9 Å². The van der Waals surface area contributed by atoms with Crippen molar-refractivity contribution in [3.8, 4) is 0 Å². The molecule has 0 aromatic heterocycles. The molecule has 1 amide bonds. The van der Waals surface area contributed by atoms with Crippen LogP contribution < -0.4 is 5.32 Å². The first-order valence-electron chi connectivity index (χ1n) is 6.93.